The summed E-state index contributed by atoms with van der Waals surface area (Å²) in [6.45, 7) is 9.90. The molecule has 0 spiro atoms. The van der Waals surface area contributed by atoms with Crippen LogP contribution < -0.4 is 10.7 Å². The lowest BCUT2D eigenvalue weighted by Gasteiger charge is -2.32. The summed E-state index contributed by atoms with van der Waals surface area (Å²) in [4.78, 5) is 17.9. The molecular weight excluding hydrogens is 396 g/mol. The number of nitrogens with zero attached hydrogens (tertiary/aromatic N) is 3. The summed E-state index contributed by atoms with van der Waals surface area (Å²) in [5.74, 6) is 6.31. The molecule has 1 aliphatic rings. The van der Waals surface area contributed by atoms with Crippen molar-refractivity contribution in [3.05, 3.63) is 71.4 Å². The summed E-state index contributed by atoms with van der Waals surface area (Å²) < 4.78 is 1.68. The van der Waals surface area contributed by atoms with Gasteiger partial charge in [0.2, 0.25) is 0 Å². The van der Waals surface area contributed by atoms with Crippen LogP contribution in [-0.4, -0.2) is 49.1 Å². The van der Waals surface area contributed by atoms with Crippen LogP contribution in [0.3, 0.4) is 0 Å². The Morgan fingerprint density at radius 2 is 1.88 bits per heavy atom. The number of hydrogen-bond acceptors (Lipinski definition) is 4. The molecule has 4 rings (SSSR count). The van der Waals surface area contributed by atoms with E-state index in [1.54, 1.807) is 4.68 Å². The predicted octanol–water partition coefficient (Wildman–Crippen LogP) is 4.79. The first kappa shape index (κ1) is 22.2. The van der Waals surface area contributed by atoms with Gasteiger partial charge >= 0.3 is 0 Å². The SMILES string of the molecule is CN(C)c1ccccc1C(=O)c1ccc2c(c1)c(C1=CCN(CC(C)(C)C)CC1)cn2N. The largest absolute Gasteiger partial charge is 0.377 e. The Bertz CT molecular complexity index is 1180. The molecule has 5 heteroatoms. The molecule has 5 nitrogen and oxygen atoms in total. The molecule has 0 fully saturated rings. The normalized spacial score (nSPS) is 15.1. The number of nitrogens with two attached hydrogens (primary N) is 1. The van der Waals surface area contributed by atoms with Crippen molar-refractivity contribution < 1.29 is 4.79 Å². The Morgan fingerprint density at radius 1 is 1.12 bits per heavy atom. The highest BCUT2D eigenvalue weighted by molar-refractivity contribution is 6.14. The van der Waals surface area contributed by atoms with E-state index in [1.165, 1.54) is 5.57 Å². The van der Waals surface area contributed by atoms with Crippen molar-refractivity contribution in [2.24, 2.45) is 5.41 Å². The third-order valence-electron chi connectivity index (χ3n) is 6.06. The average molecular weight is 431 g/mol. The fourth-order valence-electron chi connectivity index (χ4n) is 4.63. The monoisotopic (exact) mass is 430 g/mol. The van der Waals surface area contributed by atoms with Gasteiger partial charge in [-0.1, -0.05) is 39.0 Å². The van der Waals surface area contributed by atoms with Crippen molar-refractivity contribution in [1.29, 1.82) is 0 Å². The van der Waals surface area contributed by atoms with Gasteiger partial charge in [-0.25, -0.2) is 0 Å². The third-order valence-corrected chi connectivity index (χ3v) is 6.06. The van der Waals surface area contributed by atoms with Crippen molar-refractivity contribution in [3.8, 4) is 0 Å². The molecule has 168 valence electrons. The molecule has 0 radical (unpaired) electrons. The van der Waals surface area contributed by atoms with Crippen LogP contribution in [0.4, 0.5) is 5.69 Å². The average Bonchev–Trinajstić information content (AvgIpc) is 3.08. The molecule has 2 aromatic carbocycles. The second kappa shape index (κ2) is 8.47. The van der Waals surface area contributed by atoms with Gasteiger partial charge in [0.25, 0.3) is 0 Å². The van der Waals surface area contributed by atoms with Crippen LogP contribution in [0.2, 0.25) is 0 Å². The lowest BCUT2D eigenvalue weighted by atomic mass is 9.93. The van der Waals surface area contributed by atoms with Gasteiger partial charge in [-0.05, 0) is 47.7 Å². The minimum absolute atomic E-state index is 0.0286. The van der Waals surface area contributed by atoms with Gasteiger partial charge in [0.05, 0.1) is 5.52 Å². The minimum atomic E-state index is 0.0286. The van der Waals surface area contributed by atoms with E-state index in [1.807, 2.05) is 67.7 Å². The molecule has 0 bridgehead atoms. The number of hydrogen-bond donors (Lipinski definition) is 1. The topological polar surface area (TPSA) is 54.5 Å². The van der Waals surface area contributed by atoms with E-state index in [4.69, 9.17) is 5.84 Å². The van der Waals surface area contributed by atoms with Gasteiger partial charge in [-0.15, -0.1) is 0 Å². The molecule has 2 N–H and O–H groups in total. The Morgan fingerprint density at radius 3 is 2.53 bits per heavy atom. The number of para-hydroxylation sites is 1. The molecule has 0 atom stereocenters. The number of carbonyl (C=O) groups excluding carboxylic acids is 1. The zero-order valence-electron chi connectivity index (χ0n) is 19.9. The highest BCUT2D eigenvalue weighted by Crippen LogP contribution is 2.32. The van der Waals surface area contributed by atoms with Crippen molar-refractivity contribution >= 4 is 27.9 Å². The van der Waals surface area contributed by atoms with Crippen molar-refractivity contribution in [2.45, 2.75) is 27.2 Å². The van der Waals surface area contributed by atoms with Crippen LogP contribution in [0.25, 0.3) is 16.5 Å². The van der Waals surface area contributed by atoms with Crippen LogP contribution in [0.5, 0.6) is 0 Å². The number of fused-ring (bicyclic) bond motifs is 1. The Labute approximate surface area is 191 Å². The van der Waals surface area contributed by atoms with Crippen LogP contribution in [-0.2, 0) is 0 Å². The van der Waals surface area contributed by atoms with E-state index < -0.39 is 0 Å². The van der Waals surface area contributed by atoms with Gasteiger partial charge in [-0.3, -0.25) is 14.4 Å². The summed E-state index contributed by atoms with van der Waals surface area (Å²) in [6.07, 6.45) is 5.30. The molecule has 1 aliphatic heterocycles. The van der Waals surface area contributed by atoms with Gasteiger partial charge in [0.15, 0.2) is 5.78 Å². The van der Waals surface area contributed by atoms with E-state index in [2.05, 4.69) is 31.7 Å². The number of aromatic nitrogens is 1. The number of rotatable bonds is 5. The molecule has 32 heavy (non-hydrogen) atoms. The highest BCUT2D eigenvalue weighted by atomic mass is 16.1. The Kier molecular flexibility index (Phi) is 5.87. The van der Waals surface area contributed by atoms with Crippen molar-refractivity contribution in [1.82, 2.24) is 9.58 Å². The molecule has 1 aromatic heterocycles. The van der Waals surface area contributed by atoms with E-state index >= 15 is 0 Å². The second-order valence-corrected chi connectivity index (χ2v) is 10.2. The molecule has 0 amide bonds. The summed E-state index contributed by atoms with van der Waals surface area (Å²) in [5, 5.41) is 1.04. The first-order valence-electron chi connectivity index (χ1n) is 11.3. The number of benzene rings is 2. The summed E-state index contributed by atoms with van der Waals surface area (Å²) in [6, 6.07) is 13.6. The lowest BCUT2D eigenvalue weighted by molar-refractivity contribution is 0.103. The van der Waals surface area contributed by atoms with Gasteiger partial charge in [0, 0.05) is 67.7 Å². The zero-order chi connectivity index (χ0) is 23.0. The van der Waals surface area contributed by atoms with Crippen LogP contribution in [0.15, 0.2) is 54.7 Å². The minimum Gasteiger partial charge on any atom is -0.377 e. The summed E-state index contributed by atoms with van der Waals surface area (Å²) in [7, 11) is 3.92. The van der Waals surface area contributed by atoms with Crippen molar-refractivity contribution in [3.63, 3.8) is 0 Å². The van der Waals surface area contributed by atoms with E-state index in [0.29, 0.717) is 11.1 Å². The molecule has 0 saturated heterocycles. The van der Waals surface area contributed by atoms with Gasteiger partial charge < -0.3 is 10.7 Å². The quantitative estimate of drug-likeness (QED) is 0.467. The maximum absolute atomic E-state index is 13.4. The van der Waals surface area contributed by atoms with E-state index in [0.717, 1.165) is 48.2 Å². The fourth-order valence-corrected chi connectivity index (χ4v) is 4.63. The lowest BCUT2D eigenvalue weighted by Crippen LogP contribution is -2.35. The molecule has 0 aliphatic carbocycles. The number of ketones is 1. The first-order valence-corrected chi connectivity index (χ1v) is 11.3. The van der Waals surface area contributed by atoms with Gasteiger partial charge in [-0.2, -0.15) is 0 Å². The number of nitrogen functional groups attached to an aromatic ring is 1. The number of carbonyl (C=O) groups is 1. The molecule has 0 unspecified atom stereocenters. The second-order valence-electron chi connectivity index (χ2n) is 10.2. The van der Waals surface area contributed by atoms with E-state index in [-0.39, 0.29) is 11.2 Å². The fraction of sp³-hybridized carbons (Fsp3) is 0.370. The molecular formula is C27H34N4O. The van der Waals surface area contributed by atoms with Crippen LogP contribution >= 0.6 is 0 Å². The summed E-state index contributed by atoms with van der Waals surface area (Å²) >= 11 is 0. The zero-order valence-corrected chi connectivity index (χ0v) is 19.9. The van der Waals surface area contributed by atoms with Crippen molar-refractivity contribution in [2.75, 3.05) is 44.5 Å². The standard InChI is InChI=1S/C27H34N4O/c1-27(2,3)18-30-14-12-19(13-15-30)23-17-31(28)25-11-10-20(16-22(23)25)26(32)21-8-6-7-9-24(21)29(4)5/h6-12,16-17H,13-15,18,28H2,1-5H3. The Balaban J connectivity index is 1.69. The molecule has 0 saturated carbocycles. The number of anilines is 1. The van der Waals surface area contributed by atoms with Crippen LogP contribution in [0.1, 0.15) is 48.7 Å². The Hall–Kier alpha value is -3.05. The maximum atomic E-state index is 13.4. The summed E-state index contributed by atoms with van der Waals surface area (Å²) in [5.41, 5.74) is 5.98. The first-order chi connectivity index (χ1) is 15.1. The smallest absolute Gasteiger partial charge is 0.195 e. The van der Waals surface area contributed by atoms with Crippen LogP contribution in [0, 0.1) is 5.41 Å². The molecule has 2 heterocycles. The highest BCUT2D eigenvalue weighted by Gasteiger charge is 2.22. The third kappa shape index (κ3) is 4.44. The molecule has 3 aromatic rings. The van der Waals surface area contributed by atoms with Gasteiger partial charge in [0.1, 0.15) is 0 Å². The predicted molar refractivity (Wildman–Crippen MR) is 135 cm³/mol. The maximum Gasteiger partial charge on any atom is 0.195 e. The van der Waals surface area contributed by atoms with E-state index in [9.17, 15) is 4.79 Å².